The van der Waals surface area contributed by atoms with Gasteiger partial charge in [-0.05, 0) is 31.4 Å². The molecule has 0 fully saturated rings. The van der Waals surface area contributed by atoms with Crippen LogP contribution in [-0.4, -0.2) is 36.6 Å². The van der Waals surface area contributed by atoms with Crippen molar-refractivity contribution >= 4 is 10.9 Å². The molecule has 0 spiro atoms. The molecule has 0 amide bonds. The number of rotatable bonds is 8. The number of hydrogen-bond acceptors (Lipinski definition) is 3. The molecule has 0 aliphatic carbocycles. The van der Waals surface area contributed by atoms with Crippen molar-refractivity contribution in [3.8, 4) is 0 Å². The molecular weight excluding hydrogens is 250 g/mol. The molecule has 1 N–H and O–H groups in total. The van der Waals surface area contributed by atoms with E-state index >= 15 is 0 Å². The predicted molar refractivity (Wildman–Crippen MR) is 82.9 cm³/mol. The SMILES string of the molecule is COCCNCC(C)CCc1nn(C)c2ccccc12. The Morgan fingerprint density at radius 3 is 2.95 bits per heavy atom. The summed E-state index contributed by atoms with van der Waals surface area (Å²) in [6, 6.07) is 8.44. The summed E-state index contributed by atoms with van der Waals surface area (Å²) in [7, 11) is 3.75. The van der Waals surface area contributed by atoms with E-state index in [-0.39, 0.29) is 0 Å². The average molecular weight is 275 g/mol. The van der Waals surface area contributed by atoms with Crippen molar-refractivity contribution in [2.75, 3.05) is 26.8 Å². The fourth-order valence-corrected chi connectivity index (χ4v) is 2.48. The maximum atomic E-state index is 5.03. The molecule has 4 heteroatoms. The van der Waals surface area contributed by atoms with Gasteiger partial charge in [-0.25, -0.2) is 0 Å². The largest absolute Gasteiger partial charge is 0.383 e. The first-order valence-corrected chi connectivity index (χ1v) is 7.32. The van der Waals surface area contributed by atoms with Crippen LogP contribution < -0.4 is 5.32 Å². The summed E-state index contributed by atoms with van der Waals surface area (Å²) in [6.07, 6.45) is 2.19. The van der Waals surface area contributed by atoms with Gasteiger partial charge in [0.25, 0.3) is 0 Å². The van der Waals surface area contributed by atoms with Crippen molar-refractivity contribution in [3.63, 3.8) is 0 Å². The Hall–Kier alpha value is -1.39. The molecule has 0 bridgehead atoms. The van der Waals surface area contributed by atoms with Gasteiger partial charge >= 0.3 is 0 Å². The lowest BCUT2D eigenvalue weighted by molar-refractivity contribution is 0.198. The highest BCUT2D eigenvalue weighted by molar-refractivity contribution is 5.81. The number of ether oxygens (including phenoxy) is 1. The summed E-state index contributed by atoms with van der Waals surface area (Å²) in [5, 5.41) is 9.35. The van der Waals surface area contributed by atoms with E-state index in [2.05, 4.69) is 41.6 Å². The first kappa shape index (κ1) is 15.0. The van der Waals surface area contributed by atoms with Gasteiger partial charge in [-0.3, -0.25) is 4.68 Å². The lowest BCUT2D eigenvalue weighted by atomic mass is 10.0. The monoisotopic (exact) mass is 275 g/mol. The highest BCUT2D eigenvalue weighted by atomic mass is 16.5. The van der Waals surface area contributed by atoms with Crippen LogP contribution in [0.1, 0.15) is 19.0 Å². The van der Waals surface area contributed by atoms with Gasteiger partial charge in [0, 0.05) is 26.1 Å². The number of aryl methyl sites for hydroxylation is 2. The number of methoxy groups -OCH3 is 1. The van der Waals surface area contributed by atoms with Gasteiger partial charge in [-0.1, -0.05) is 25.1 Å². The molecule has 2 aromatic rings. The van der Waals surface area contributed by atoms with E-state index in [1.165, 1.54) is 16.6 Å². The Morgan fingerprint density at radius 1 is 1.35 bits per heavy atom. The van der Waals surface area contributed by atoms with Crippen molar-refractivity contribution in [3.05, 3.63) is 30.0 Å². The van der Waals surface area contributed by atoms with E-state index in [0.29, 0.717) is 5.92 Å². The Morgan fingerprint density at radius 2 is 2.15 bits per heavy atom. The number of aromatic nitrogens is 2. The quantitative estimate of drug-likeness (QED) is 0.752. The van der Waals surface area contributed by atoms with Crippen LogP contribution in [0.4, 0.5) is 0 Å². The topological polar surface area (TPSA) is 39.1 Å². The highest BCUT2D eigenvalue weighted by Crippen LogP contribution is 2.19. The van der Waals surface area contributed by atoms with Gasteiger partial charge in [0.2, 0.25) is 0 Å². The summed E-state index contributed by atoms with van der Waals surface area (Å²) in [6.45, 7) is 5.02. The molecule has 1 aromatic heterocycles. The number of hydrogen-bond donors (Lipinski definition) is 1. The van der Waals surface area contributed by atoms with Crippen molar-refractivity contribution in [2.45, 2.75) is 19.8 Å². The fraction of sp³-hybridized carbons (Fsp3) is 0.562. The molecule has 1 heterocycles. The van der Waals surface area contributed by atoms with E-state index in [9.17, 15) is 0 Å². The lowest BCUT2D eigenvalue weighted by Gasteiger charge is -2.11. The Bertz CT molecular complexity index is 536. The average Bonchev–Trinajstić information content (AvgIpc) is 2.79. The smallest absolute Gasteiger partial charge is 0.0703 e. The normalized spacial score (nSPS) is 12.9. The third kappa shape index (κ3) is 3.81. The van der Waals surface area contributed by atoms with E-state index in [4.69, 9.17) is 4.74 Å². The molecule has 2 rings (SSSR count). The third-order valence-electron chi connectivity index (χ3n) is 3.68. The van der Waals surface area contributed by atoms with Crippen molar-refractivity contribution < 1.29 is 4.74 Å². The van der Waals surface area contributed by atoms with Crippen LogP contribution >= 0.6 is 0 Å². The van der Waals surface area contributed by atoms with Crippen LogP contribution in [-0.2, 0) is 18.2 Å². The van der Waals surface area contributed by atoms with Crippen molar-refractivity contribution in [1.82, 2.24) is 15.1 Å². The molecule has 0 saturated heterocycles. The van der Waals surface area contributed by atoms with Gasteiger partial charge < -0.3 is 10.1 Å². The molecule has 0 aliphatic rings. The number of fused-ring (bicyclic) bond motifs is 1. The van der Waals surface area contributed by atoms with Gasteiger partial charge in [-0.15, -0.1) is 0 Å². The Kier molecular flexibility index (Phi) is 5.56. The second kappa shape index (κ2) is 7.41. The second-order valence-electron chi connectivity index (χ2n) is 5.43. The van der Waals surface area contributed by atoms with Crippen LogP contribution in [0.25, 0.3) is 10.9 Å². The number of nitrogens with one attached hydrogen (secondary N) is 1. The maximum Gasteiger partial charge on any atom is 0.0703 e. The van der Waals surface area contributed by atoms with E-state index in [1.54, 1.807) is 7.11 Å². The van der Waals surface area contributed by atoms with Gasteiger partial charge in [0.1, 0.15) is 0 Å². The molecule has 1 atom stereocenters. The summed E-state index contributed by atoms with van der Waals surface area (Å²) in [5.74, 6) is 0.646. The molecule has 0 aliphatic heterocycles. The molecule has 1 unspecified atom stereocenters. The molecule has 0 saturated carbocycles. The van der Waals surface area contributed by atoms with Gasteiger partial charge in [-0.2, -0.15) is 5.10 Å². The lowest BCUT2D eigenvalue weighted by Crippen LogP contribution is -2.25. The summed E-state index contributed by atoms with van der Waals surface area (Å²) < 4.78 is 7.01. The minimum atomic E-state index is 0.646. The zero-order valence-corrected chi connectivity index (χ0v) is 12.7. The van der Waals surface area contributed by atoms with Crippen LogP contribution in [0.5, 0.6) is 0 Å². The molecule has 110 valence electrons. The molecule has 4 nitrogen and oxygen atoms in total. The molecule has 0 radical (unpaired) electrons. The van der Waals surface area contributed by atoms with Crippen LogP contribution in [0.2, 0.25) is 0 Å². The minimum Gasteiger partial charge on any atom is -0.383 e. The first-order chi connectivity index (χ1) is 9.72. The molecule has 1 aromatic carbocycles. The van der Waals surface area contributed by atoms with Crippen molar-refractivity contribution in [1.29, 1.82) is 0 Å². The molecule has 20 heavy (non-hydrogen) atoms. The van der Waals surface area contributed by atoms with Crippen LogP contribution in [0.3, 0.4) is 0 Å². The second-order valence-corrected chi connectivity index (χ2v) is 5.43. The van der Waals surface area contributed by atoms with E-state index < -0.39 is 0 Å². The maximum absolute atomic E-state index is 5.03. The van der Waals surface area contributed by atoms with E-state index in [1.807, 2.05) is 11.7 Å². The number of benzene rings is 1. The predicted octanol–water partition coefficient (Wildman–Crippen LogP) is 2.38. The third-order valence-corrected chi connectivity index (χ3v) is 3.68. The summed E-state index contributed by atoms with van der Waals surface area (Å²) >= 11 is 0. The van der Waals surface area contributed by atoms with Gasteiger partial charge in [0.15, 0.2) is 0 Å². The Balaban J connectivity index is 1.86. The highest BCUT2D eigenvalue weighted by Gasteiger charge is 2.09. The fourth-order valence-electron chi connectivity index (χ4n) is 2.48. The standard InChI is InChI=1S/C16H25N3O/c1-13(12-17-10-11-20-3)8-9-15-14-6-4-5-7-16(14)19(2)18-15/h4-7,13,17H,8-12H2,1-3H3. The summed E-state index contributed by atoms with van der Waals surface area (Å²) in [5.41, 5.74) is 2.43. The number of para-hydroxylation sites is 1. The number of nitrogens with zero attached hydrogens (tertiary/aromatic N) is 2. The Labute approximate surface area is 121 Å². The first-order valence-electron chi connectivity index (χ1n) is 7.32. The zero-order valence-electron chi connectivity index (χ0n) is 12.7. The minimum absolute atomic E-state index is 0.646. The van der Waals surface area contributed by atoms with Gasteiger partial charge in [0.05, 0.1) is 17.8 Å². The van der Waals surface area contributed by atoms with Crippen LogP contribution in [0.15, 0.2) is 24.3 Å². The summed E-state index contributed by atoms with van der Waals surface area (Å²) in [4.78, 5) is 0. The van der Waals surface area contributed by atoms with Crippen molar-refractivity contribution in [2.24, 2.45) is 13.0 Å². The zero-order chi connectivity index (χ0) is 14.4. The molecular formula is C16H25N3O. The van der Waals surface area contributed by atoms with E-state index in [0.717, 1.165) is 32.5 Å². The van der Waals surface area contributed by atoms with Crippen LogP contribution in [0, 0.1) is 5.92 Å².